The van der Waals surface area contributed by atoms with Crippen molar-refractivity contribution < 1.29 is 15.3 Å². The summed E-state index contributed by atoms with van der Waals surface area (Å²) >= 11 is 0. The van der Waals surface area contributed by atoms with Gasteiger partial charge < -0.3 is 15.3 Å². The van der Waals surface area contributed by atoms with Gasteiger partial charge in [-0.05, 0) is 69.1 Å². The Morgan fingerprint density at radius 2 is 1.62 bits per heavy atom. The van der Waals surface area contributed by atoms with Crippen LogP contribution in [0.25, 0.3) is 0 Å². The van der Waals surface area contributed by atoms with Gasteiger partial charge in [0.15, 0.2) is 6.29 Å². The molecule has 3 heteroatoms. The molecular formula is C21H38O3. The maximum atomic E-state index is 10.1. The molecule has 0 radical (unpaired) electrons. The van der Waals surface area contributed by atoms with Crippen LogP contribution in [0.4, 0.5) is 0 Å². The molecule has 0 aromatic rings. The second-order valence-corrected chi connectivity index (χ2v) is 8.17. The summed E-state index contributed by atoms with van der Waals surface area (Å²) in [6, 6.07) is 0. The van der Waals surface area contributed by atoms with Crippen molar-refractivity contribution in [2.45, 2.75) is 102 Å². The molecule has 0 amide bonds. The van der Waals surface area contributed by atoms with Crippen molar-refractivity contribution in [3.8, 4) is 0 Å². The summed E-state index contributed by atoms with van der Waals surface area (Å²) in [5.41, 5.74) is 0. The second-order valence-electron chi connectivity index (χ2n) is 8.17. The van der Waals surface area contributed by atoms with E-state index in [0.29, 0.717) is 19.3 Å². The summed E-state index contributed by atoms with van der Waals surface area (Å²) in [5, 5.41) is 27.8. The molecule has 2 saturated carbocycles. The molecule has 2 aliphatic rings. The van der Waals surface area contributed by atoms with E-state index < -0.39 is 6.29 Å². The third kappa shape index (κ3) is 7.67. The Kier molecular flexibility index (Phi) is 9.37. The maximum absolute atomic E-state index is 10.1. The van der Waals surface area contributed by atoms with Crippen LogP contribution in [0.3, 0.4) is 0 Å². The van der Waals surface area contributed by atoms with E-state index in [9.17, 15) is 5.11 Å². The van der Waals surface area contributed by atoms with Crippen LogP contribution in [-0.2, 0) is 0 Å². The van der Waals surface area contributed by atoms with E-state index in [1.165, 1.54) is 57.8 Å². The van der Waals surface area contributed by atoms with Crippen molar-refractivity contribution in [3.63, 3.8) is 0 Å². The van der Waals surface area contributed by atoms with E-state index in [2.05, 4.69) is 12.2 Å². The van der Waals surface area contributed by atoms with Crippen LogP contribution in [0.5, 0.6) is 0 Å². The number of hydrogen-bond acceptors (Lipinski definition) is 3. The molecule has 140 valence electrons. The highest BCUT2D eigenvalue weighted by Crippen LogP contribution is 2.37. The molecule has 3 atom stereocenters. The molecule has 24 heavy (non-hydrogen) atoms. The molecule has 2 fully saturated rings. The van der Waals surface area contributed by atoms with Gasteiger partial charge in [-0.1, -0.05) is 50.7 Å². The summed E-state index contributed by atoms with van der Waals surface area (Å²) in [5.74, 6) is 2.39. The zero-order valence-corrected chi connectivity index (χ0v) is 15.3. The SMILES string of the molecule is OC(O)CCCC(O)CC[C@H]1CCC[C@@H]1/C=C/CC1CCCCC1. The Morgan fingerprint density at radius 3 is 2.38 bits per heavy atom. The van der Waals surface area contributed by atoms with Gasteiger partial charge in [-0.15, -0.1) is 0 Å². The summed E-state index contributed by atoms with van der Waals surface area (Å²) in [7, 11) is 0. The van der Waals surface area contributed by atoms with E-state index >= 15 is 0 Å². The fourth-order valence-corrected chi connectivity index (χ4v) is 4.63. The first-order chi connectivity index (χ1) is 11.6. The number of allylic oxidation sites excluding steroid dienone is 2. The minimum absolute atomic E-state index is 0.281. The van der Waals surface area contributed by atoms with Crippen molar-refractivity contribution >= 4 is 0 Å². The first-order valence-electron chi connectivity index (χ1n) is 10.4. The van der Waals surface area contributed by atoms with Crippen LogP contribution in [-0.4, -0.2) is 27.7 Å². The molecular weight excluding hydrogens is 300 g/mol. The Labute approximate surface area is 148 Å². The van der Waals surface area contributed by atoms with Crippen LogP contribution >= 0.6 is 0 Å². The lowest BCUT2D eigenvalue weighted by Crippen LogP contribution is -2.13. The lowest BCUT2D eigenvalue weighted by atomic mass is 9.85. The summed E-state index contributed by atoms with van der Waals surface area (Å²) < 4.78 is 0. The number of hydrogen-bond donors (Lipinski definition) is 3. The van der Waals surface area contributed by atoms with Crippen molar-refractivity contribution in [2.75, 3.05) is 0 Å². The molecule has 2 aliphatic carbocycles. The van der Waals surface area contributed by atoms with Crippen LogP contribution < -0.4 is 0 Å². The zero-order valence-electron chi connectivity index (χ0n) is 15.3. The normalized spacial score (nSPS) is 27.3. The van der Waals surface area contributed by atoms with E-state index in [-0.39, 0.29) is 6.10 Å². The average Bonchev–Trinajstić information content (AvgIpc) is 3.01. The van der Waals surface area contributed by atoms with Gasteiger partial charge in [0.2, 0.25) is 0 Å². The molecule has 0 saturated heterocycles. The highest BCUT2D eigenvalue weighted by atomic mass is 16.5. The van der Waals surface area contributed by atoms with Gasteiger partial charge in [0.05, 0.1) is 6.10 Å². The molecule has 0 aromatic heterocycles. The average molecular weight is 339 g/mol. The first kappa shape index (κ1) is 19.9. The topological polar surface area (TPSA) is 60.7 Å². The predicted octanol–water partition coefficient (Wildman–Crippen LogP) is 4.55. The third-order valence-electron chi connectivity index (χ3n) is 6.17. The fraction of sp³-hybridized carbons (Fsp3) is 0.905. The smallest absolute Gasteiger partial charge is 0.151 e. The van der Waals surface area contributed by atoms with Crippen molar-refractivity contribution in [1.29, 1.82) is 0 Å². The van der Waals surface area contributed by atoms with Gasteiger partial charge >= 0.3 is 0 Å². The monoisotopic (exact) mass is 338 g/mol. The predicted molar refractivity (Wildman–Crippen MR) is 98.5 cm³/mol. The van der Waals surface area contributed by atoms with Crippen LogP contribution in [0, 0.1) is 17.8 Å². The van der Waals surface area contributed by atoms with Gasteiger partial charge in [-0.25, -0.2) is 0 Å². The van der Waals surface area contributed by atoms with Gasteiger partial charge in [-0.2, -0.15) is 0 Å². The van der Waals surface area contributed by atoms with Gasteiger partial charge in [0, 0.05) is 0 Å². The minimum Gasteiger partial charge on any atom is -0.393 e. The number of rotatable bonds is 10. The lowest BCUT2D eigenvalue weighted by molar-refractivity contribution is -0.0481. The molecule has 0 bridgehead atoms. The molecule has 3 nitrogen and oxygen atoms in total. The molecule has 1 unspecified atom stereocenters. The second kappa shape index (κ2) is 11.3. The van der Waals surface area contributed by atoms with Gasteiger partial charge in [-0.3, -0.25) is 0 Å². The minimum atomic E-state index is -1.23. The Morgan fingerprint density at radius 1 is 0.833 bits per heavy atom. The van der Waals surface area contributed by atoms with Crippen molar-refractivity contribution in [1.82, 2.24) is 0 Å². The maximum Gasteiger partial charge on any atom is 0.151 e. The largest absolute Gasteiger partial charge is 0.393 e. The van der Waals surface area contributed by atoms with Crippen molar-refractivity contribution in [3.05, 3.63) is 12.2 Å². The van der Waals surface area contributed by atoms with Crippen LogP contribution in [0.15, 0.2) is 12.2 Å². The highest BCUT2D eigenvalue weighted by Gasteiger charge is 2.25. The summed E-state index contributed by atoms with van der Waals surface area (Å²) in [4.78, 5) is 0. The Bertz CT molecular complexity index is 347. The fourth-order valence-electron chi connectivity index (χ4n) is 4.63. The Balaban J connectivity index is 1.62. The lowest BCUT2D eigenvalue weighted by Gasteiger charge is -2.21. The van der Waals surface area contributed by atoms with Crippen LogP contribution in [0.1, 0.15) is 89.9 Å². The van der Waals surface area contributed by atoms with Gasteiger partial charge in [0.25, 0.3) is 0 Å². The van der Waals surface area contributed by atoms with E-state index in [4.69, 9.17) is 10.2 Å². The molecule has 0 aliphatic heterocycles. The third-order valence-corrected chi connectivity index (χ3v) is 6.17. The standard InChI is InChI=1S/C21H38O3/c22-20(13-6-14-21(23)24)16-15-19-12-5-11-18(19)10-4-9-17-7-2-1-3-8-17/h4,10,17-24H,1-3,5-9,11-16H2/b10-4+/t18-,19+,20?/m0/s1. The number of aliphatic hydroxyl groups is 3. The molecule has 0 aromatic carbocycles. The van der Waals surface area contributed by atoms with E-state index in [0.717, 1.165) is 30.6 Å². The molecule has 0 heterocycles. The molecule has 3 N–H and O–H groups in total. The van der Waals surface area contributed by atoms with E-state index in [1.54, 1.807) is 0 Å². The van der Waals surface area contributed by atoms with Crippen LogP contribution in [0.2, 0.25) is 0 Å². The summed E-state index contributed by atoms with van der Waals surface area (Å²) in [6.45, 7) is 0. The highest BCUT2D eigenvalue weighted by molar-refractivity contribution is 4.96. The quantitative estimate of drug-likeness (QED) is 0.404. The first-order valence-corrected chi connectivity index (χ1v) is 10.4. The van der Waals surface area contributed by atoms with Crippen molar-refractivity contribution in [2.24, 2.45) is 17.8 Å². The Hall–Kier alpha value is -0.380. The number of aliphatic hydroxyl groups excluding tert-OH is 2. The molecule has 2 rings (SSSR count). The molecule has 0 spiro atoms. The summed E-state index contributed by atoms with van der Waals surface area (Å²) in [6.07, 6.45) is 19.5. The zero-order chi connectivity index (χ0) is 17.2. The van der Waals surface area contributed by atoms with Gasteiger partial charge in [0.1, 0.15) is 0 Å². The van der Waals surface area contributed by atoms with E-state index in [1.807, 2.05) is 0 Å².